The lowest BCUT2D eigenvalue weighted by atomic mass is 9.93. The molecule has 6 N–H and O–H groups in total. The highest BCUT2D eigenvalue weighted by Gasteiger charge is 2.51. The SMILES string of the molecule is O=C(Nc1nc2ccc(C3(O)c4ccccc4C(=O)N3Cc3ccccc3)cc2[nH]1)OCC(F)N(C(=O)O)c1nc2ccc(C3(O)c4ccccc4C(=O)N3Cc3ccccc3)cc2[nH]1. The summed E-state index contributed by atoms with van der Waals surface area (Å²) < 4.78 is 20.9. The maximum atomic E-state index is 15.8. The molecule has 0 saturated carbocycles. The van der Waals surface area contributed by atoms with Crippen LogP contribution in [0.3, 0.4) is 0 Å². The fourth-order valence-corrected chi connectivity index (χ4v) is 8.66. The summed E-state index contributed by atoms with van der Waals surface area (Å²) in [5, 5.41) is 37.3. The second-order valence-corrected chi connectivity index (χ2v) is 15.6. The van der Waals surface area contributed by atoms with Crippen LogP contribution < -0.4 is 10.2 Å². The third kappa shape index (κ3) is 6.86. The number of imidazole rings is 2. The number of carboxylic acid groups (broad SMARTS) is 1. The monoisotopic (exact) mass is 872 g/mol. The highest BCUT2D eigenvalue weighted by Crippen LogP contribution is 2.45. The smallest absolute Gasteiger partial charge is 0.416 e. The summed E-state index contributed by atoms with van der Waals surface area (Å²) in [6.07, 6.45) is -5.33. The number of nitrogens with one attached hydrogen (secondary N) is 3. The van der Waals surface area contributed by atoms with E-state index in [0.29, 0.717) is 38.9 Å². The molecule has 0 aliphatic carbocycles. The van der Waals surface area contributed by atoms with Crippen molar-refractivity contribution in [2.24, 2.45) is 0 Å². The van der Waals surface area contributed by atoms with Crippen molar-refractivity contribution in [1.29, 1.82) is 0 Å². The molecule has 3 unspecified atom stereocenters. The third-order valence-corrected chi connectivity index (χ3v) is 11.7. The number of halogens is 1. The number of rotatable bonds is 11. The van der Waals surface area contributed by atoms with Gasteiger partial charge >= 0.3 is 12.2 Å². The predicted molar refractivity (Wildman–Crippen MR) is 234 cm³/mol. The number of fused-ring (bicyclic) bond motifs is 4. The van der Waals surface area contributed by atoms with E-state index in [1.807, 2.05) is 60.7 Å². The molecule has 0 saturated heterocycles. The molecule has 0 spiro atoms. The lowest BCUT2D eigenvalue weighted by molar-refractivity contribution is -0.0548. The molecule has 8 aromatic rings. The first-order chi connectivity index (χ1) is 31.4. The number of ether oxygens (including phenoxy) is 1. The van der Waals surface area contributed by atoms with E-state index in [1.165, 1.54) is 21.9 Å². The van der Waals surface area contributed by atoms with E-state index in [4.69, 9.17) is 4.74 Å². The molecule has 3 atom stereocenters. The molecule has 0 bridgehead atoms. The number of aliphatic hydroxyl groups is 2. The number of benzene rings is 6. The second kappa shape index (κ2) is 15.7. The van der Waals surface area contributed by atoms with Crippen molar-refractivity contribution < 1.29 is 43.6 Å². The van der Waals surface area contributed by atoms with Gasteiger partial charge in [-0.05, 0) is 47.5 Å². The lowest BCUT2D eigenvalue weighted by Gasteiger charge is -2.35. The standard InChI is InChI=1S/C48H37FN8O8/c49-40(57(46(61)62)44-52-37-22-20-31(24-39(37)53-44)48(64)35-18-10-8-16-33(35)42(59)56(48)26-29-13-5-2-6-14-29)27-65-45(60)54-43-50-36-21-19-30(23-38(36)51-43)47(63)34-17-9-7-15-32(34)41(58)55(47)25-28-11-3-1-4-12-28/h1-24,40,63-64H,25-27H2,(H,52,53)(H,61,62)(H2,50,51,54,60). The van der Waals surface area contributed by atoms with Gasteiger partial charge in [0.1, 0.15) is 6.61 Å². The highest BCUT2D eigenvalue weighted by molar-refractivity contribution is 6.01. The number of nitrogens with zero attached hydrogens (tertiary/aromatic N) is 5. The van der Waals surface area contributed by atoms with E-state index >= 15 is 4.39 Å². The maximum Gasteiger partial charge on any atom is 0.416 e. The van der Waals surface area contributed by atoms with Crippen molar-refractivity contribution in [2.75, 3.05) is 16.8 Å². The van der Waals surface area contributed by atoms with Crippen LogP contribution in [0.2, 0.25) is 0 Å². The number of anilines is 2. The molecule has 65 heavy (non-hydrogen) atoms. The minimum Gasteiger partial charge on any atom is -0.465 e. The maximum absolute atomic E-state index is 15.8. The summed E-state index contributed by atoms with van der Waals surface area (Å²) in [6, 6.07) is 41.4. The van der Waals surface area contributed by atoms with E-state index in [9.17, 15) is 34.5 Å². The Bertz CT molecular complexity index is 3180. The normalized spacial score (nSPS) is 18.2. The topological polar surface area (TPSA) is 217 Å². The van der Waals surface area contributed by atoms with Crippen LogP contribution in [0.4, 0.5) is 25.9 Å². The van der Waals surface area contributed by atoms with Gasteiger partial charge in [0.2, 0.25) is 18.2 Å². The number of carbonyl (C=O) groups is 4. The summed E-state index contributed by atoms with van der Waals surface area (Å²) in [7, 11) is 0. The Kier molecular flexibility index (Phi) is 9.84. The summed E-state index contributed by atoms with van der Waals surface area (Å²) in [5.74, 6) is -1.25. The van der Waals surface area contributed by atoms with E-state index in [1.54, 1.807) is 72.8 Å². The first kappa shape index (κ1) is 40.6. The molecule has 10 rings (SSSR count). The molecule has 16 nitrogen and oxygen atoms in total. The van der Waals surface area contributed by atoms with Crippen LogP contribution in [-0.2, 0) is 29.3 Å². The molecule has 2 aliphatic heterocycles. The molecule has 6 aromatic carbocycles. The van der Waals surface area contributed by atoms with Crippen LogP contribution in [0.25, 0.3) is 22.1 Å². The van der Waals surface area contributed by atoms with E-state index in [-0.39, 0.29) is 52.3 Å². The Labute approximate surface area is 368 Å². The summed E-state index contributed by atoms with van der Waals surface area (Å²) >= 11 is 0. The summed E-state index contributed by atoms with van der Waals surface area (Å²) in [6.45, 7) is -0.848. The summed E-state index contributed by atoms with van der Waals surface area (Å²) in [5.41, 5.74) is 1.11. The van der Waals surface area contributed by atoms with Gasteiger partial charge in [0.25, 0.3) is 11.8 Å². The third-order valence-electron chi connectivity index (χ3n) is 11.7. The average molecular weight is 873 g/mol. The van der Waals surface area contributed by atoms with Crippen molar-refractivity contribution >= 4 is 58.0 Å². The first-order valence-corrected chi connectivity index (χ1v) is 20.4. The lowest BCUT2D eigenvalue weighted by Crippen LogP contribution is -2.44. The Balaban J connectivity index is 0.851. The highest BCUT2D eigenvalue weighted by atomic mass is 19.1. The molecule has 2 aromatic heterocycles. The van der Waals surface area contributed by atoms with Crippen molar-refractivity contribution in [3.63, 3.8) is 0 Å². The Morgan fingerprint density at radius 2 is 1.15 bits per heavy atom. The molecule has 2 aliphatic rings. The molecule has 17 heteroatoms. The number of alkyl halides is 1. The average Bonchev–Trinajstić information content (AvgIpc) is 4.04. The van der Waals surface area contributed by atoms with Gasteiger partial charge in [-0.2, -0.15) is 0 Å². The first-order valence-electron chi connectivity index (χ1n) is 20.4. The minimum absolute atomic E-state index is 0.0791. The van der Waals surface area contributed by atoms with Gasteiger partial charge in [-0.15, -0.1) is 0 Å². The van der Waals surface area contributed by atoms with Crippen LogP contribution in [0, 0.1) is 0 Å². The number of hydrogen-bond acceptors (Lipinski definition) is 9. The van der Waals surface area contributed by atoms with Crippen LogP contribution in [0.5, 0.6) is 0 Å². The number of amides is 4. The van der Waals surface area contributed by atoms with Gasteiger partial charge in [0.15, 0.2) is 11.4 Å². The van der Waals surface area contributed by atoms with Gasteiger partial charge in [-0.1, -0.05) is 109 Å². The van der Waals surface area contributed by atoms with Gasteiger partial charge in [0, 0.05) is 46.5 Å². The molecule has 0 fully saturated rings. The minimum atomic E-state index is -2.43. The van der Waals surface area contributed by atoms with E-state index < -0.39 is 42.5 Å². The number of carbonyl (C=O) groups excluding carboxylic acids is 3. The number of hydrogen-bond donors (Lipinski definition) is 6. The van der Waals surface area contributed by atoms with Gasteiger partial charge in [0.05, 0.1) is 22.1 Å². The zero-order valence-corrected chi connectivity index (χ0v) is 34.1. The van der Waals surface area contributed by atoms with Crippen LogP contribution in [0.1, 0.15) is 54.1 Å². The Hall–Kier alpha value is -8.41. The van der Waals surface area contributed by atoms with Crippen molar-refractivity contribution in [3.8, 4) is 0 Å². The van der Waals surface area contributed by atoms with E-state index in [2.05, 4.69) is 25.3 Å². The predicted octanol–water partition coefficient (Wildman–Crippen LogP) is 7.17. The fraction of sp³-hybridized carbons (Fsp3) is 0.125. The molecular formula is C48H37FN8O8. The number of aromatic nitrogens is 4. The van der Waals surface area contributed by atoms with Crippen molar-refractivity contribution in [3.05, 3.63) is 190 Å². The Morgan fingerprint density at radius 3 is 1.68 bits per heavy atom. The van der Waals surface area contributed by atoms with Crippen LogP contribution >= 0.6 is 0 Å². The van der Waals surface area contributed by atoms with Gasteiger partial charge in [-0.25, -0.2) is 28.8 Å². The molecule has 0 radical (unpaired) electrons. The molecular weight excluding hydrogens is 836 g/mol. The van der Waals surface area contributed by atoms with Gasteiger partial charge < -0.3 is 30.0 Å². The summed E-state index contributed by atoms with van der Waals surface area (Å²) in [4.78, 5) is 70.1. The zero-order chi connectivity index (χ0) is 45.0. The second-order valence-electron chi connectivity index (χ2n) is 15.6. The molecule has 4 heterocycles. The van der Waals surface area contributed by atoms with Crippen molar-refractivity contribution in [1.82, 2.24) is 29.7 Å². The fourth-order valence-electron chi connectivity index (χ4n) is 8.66. The van der Waals surface area contributed by atoms with Crippen LogP contribution in [-0.4, -0.2) is 82.0 Å². The number of H-pyrrole nitrogens is 2. The van der Waals surface area contributed by atoms with Crippen molar-refractivity contribution in [2.45, 2.75) is 30.8 Å². The largest absolute Gasteiger partial charge is 0.465 e. The van der Waals surface area contributed by atoms with Crippen LogP contribution in [0.15, 0.2) is 146 Å². The number of aromatic amines is 2. The molecule has 324 valence electrons. The molecule has 4 amide bonds. The van der Waals surface area contributed by atoms with Gasteiger partial charge in [-0.3, -0.25) is 24.7 Å². The zero-order valence-electron chi connectivity index (χ0n) is 34.1. The quantitative estimate of drug-likeness (QED) is 0.0721. The van der Waals surface area contributed by atoms with E-state index in [0.717, 1.165) is 11.1 Å². The Morgan fingerprint density at radius 1 is 0.677 bits per heavy atom.